The first-order chi connectivity index (χ1) is 9.95. The van der Waals surface area contributed by atoms with Gasteiger partial charge >= 0.3 is 5.97 Å². The van der Waals surface area contributed by atoms with Gasteiger partial charge in [-0.15, -0.1) is 0 Å². The Morgan fingerprint density at radius 1 is 1.43 bits per heavy atom. The van der Waals surface area contributed by atoms with E-state index in [2.05, 4.69) is 10.3 Å². The van der Waals surface area contributed by atoms with Crippen LogP contribution in [0.3, 0.4) is 0 Å². The lowest BCUT2D eigenvalue weighted by Crippen LogP contribution is -2.41. The molecule has 2 aromatic rings. The Morgan fingerprint density at radius 2 is 2.14 bits per heavy atom. The van der Waals surface area contributed by atoms with Crippen LogP contribution in [0.4, 0.5) is 0 Å². The third kappa shape index (κ3) is 2.89. The largest absolute Gasteiger partial charge is 0.480 e. The van der Waals surface area contributed by atoms with E-state index in [1.807, 2.05) is 26.0 Å². The third-order valence-electron chi connectivity index (χ3n) is 3.42. The van der Waals surface area contributed by atoms with Crippen molar-refractivity contribution in [2.24, 2.45) is 0 Å². The summed E-state index contributed by atoms with van der Waals surface area (Å²) in [4.78, 5) is 28.0. The van der Waals surface area contributed by atoms with Crippen molar-refractivity contribution in [1.82, 2.24) is 14.7 Å². The minimum absolute atomic E-state index is 0.385. The Labute approximate surface area is 122 Å². The Bertz CT molecular complexity index is 691. The highest BCUT2D eigenvalue weighted by atomic mass is 16.4. The maximum Gasteiger partial charge on any atom is 0.326 e. The lowest BCUT2D eigenvalue weighted by atomic mass is 10.1. The molecule has 112 valence electrons. The Kier molecular flexibility index (Phi) is 4.26. The summed E-state index contributed by atoms with van der Waals surface area (Å²) in [5.74, 6) is -1.43. The van der Waals surface area contributed by atoms with Gasteiger partial charge in [-0.3, -0.25) is 9.20 Å². The molecule has 2 N–H and O–H groups in total. The number of carbonyl (C=O) groups is 2. The number of amides is 1. The van der Waals surface area contributed by atoms with Gasteiger partial charge in [0.05, 0.1) is 5.69 Å². The van der Waals surface area contributed by atoms with Crippen LogP contribution in [0.2, 0.25) is 0 Å². The van der Waals surface area contributed by atoms with Crippen LogP contribution in [0.5, 0.6) is 0 Å². The highest BCUT2D eigenvalue weighted by molar-refractivity contribution is 5.97. The van der Waals surface area contributed by atoms with E-state index < -0.39 is 17.9 Å². The monoisotopic (exact) mass is 289 g/mol. The highest BCUT2D eigenvalue weighted by Crippen LogP contribution is 2.15. The van der Waals surface area contributed by atoms with Gasteiger partial charge in [0, 0.05) is 6.20 Å². The van der Waals surface area contributed by atoms with Crippen LogP contribution in [0.25, 0.3) is 5.65 Å². The molecule has 0 fully saturated rings. The van der Waals surface area contributed by atoms with E-state index in [1.165, 1.54) is 0 Å². The number of hydrogen-bond donors (Lipinski definition) is 2. The van der Waals surface area contributed by atoms with Crippen molar-refractivity contribution in [1.29, 1.82) is 0 Å². The van der Waals surface area contributed by atoms with Crippen molar-refractivity contribution < 1.29 is 14.7 Å². The average Bonchev–Trinajstić information content (AvgIpc) is 2.76. The molecule has 0 radical (unpaired) electrons. The fraction of sp³-hybridized carbons (Fsp3) is 0.400. The zero-order valence-electron chi connectivity index (χ0n) is 12.4. The lowest BCUT2D eigenvalue weighted by molar-refractivity contribution is -0.139. The van der Waals surface area contributed by atoms with E-state index in [1.54, 1.807) is 17.5 Å². The van der Waals surface area contributed by atoms with E-state index >= 15 is 0 Å². The predicted octanol–water partition coefficient (Wildman–Crippen LogP) is 1.93. The van der Waals surface area contributed by atoms with Crippen LogP contribution in [0.15, 0.2) is 18.3 Å². The van der Waals surface area contributed by atoms with Gasteiger partial charge in [-0.25, -0.2) is 9.78 Å². The summed E-state index contributed by atoms with van der Waals surface area (Å²) in [5, 5.41) is 11.7. The van der Waals surface area contributed by atoms with Crippen molar-refractivity contribution in [2.75, 3.05) is 0 Å². The molecule has 2 heterocycles. The van der Waals surface area contributed by atoms with Gasteiger partial charge in [0.15, 0.2) is 0 Å². The molecule has 0 aliphatic rings. The number of pyridine rings is 1. The number of carboxylic acid groups (broad SMARTS) is 1. The maximum absolute atomic E-state index is 12.4. The molecule has 0 spiro atoms. The quantitative estimate of drug-likeness (QED) is 0.881. The number of fused-ring (bicyclic) bond motifs is 1. The van der Waals surface area contributed by atoms with Crippen LogP contribution < -0.4 is 5.32 Å². The van der Waals surface area contributed by atoms with Gasteiger partial charge in [0.1, 0.15) is 17.4 Å². The molecule has 0 saturated carbocycles. The first-order valence-electron chi connectivity index (χ1n) is 6.93. The number of aliphatic carboxylic acids is 1. The minimum atomic E-state index is -1.02. The number of nitrogens with zero attached hydrogens (tertiary/aromatic N) is 2. The van der Waals surface area contributed by atoms with Crippen molar-refractivity contribution in [3.8, 4) is 0 Å². The number of carbonyl (C=O) groups excluding carboxylic acids is 1. The lowest BCUT2D eigenvalue weighted by Gasteiger charge is -2.13. The Hall–Kier alpha value is -2.37. The smallest absolute Gasteiger partial charge is 0.326 e. The number of imidazole rings is 1. The zero-order chi connectivity index (χ0) is 15.6. The van der Waals surface area contributed by atoms with E-state index in [0.717, 1.165) is 5.56 Å². The molecule has 0 saturated heterocycles. The number of carboxylic acids is 1. The fourth-order valence-electron chi connectivity index (χ4n) is 2.36. The van der Waals surface area contributed by atoms with Crippen LogP contribution in [-0.2, 0) is 4.79 Å². The molecule has 2 aromatic heterocycles. The fourth-order valence-corrected chi connectivity index (χ4v) is 2.36. The van der Waals surface area contributed by atoms with Gasteiger partial charge in [-0.05, 0) is 31.9 Å². The first kappa shape index (κ1) is 15.0. The number of hydrogen-bond acceptors (Lipinski definition) is 3. The average molecular weight is 289 g/mol. The van der Waals surface area contributed by atoms with Crippen molar-refractivity contribution in [2.45, 2.75) is 39.7 Å². The predicted molar refractivity (Wildman–Crippen MR) is 78.5 cm³/mol. The molecule has 2 rings (SSSR count). The van der Waals surface area contributed by atoms with Crippen LogP contribution in [0, 0.1) is 13.8 Å². The zero-order valence-corrected chi connectivity index (χ0v) is 12.4. The number of aromatic nitrogens is 2. The summed E-state index contributed by atoms with van der Waals surface area (Å²) >= 11 is 0. The minimum Gasteiger partial charge on any atom is -0.480 e. The van der Waals surface area contributed by atoms with E-state index in [9.17, 15) is 9.59 Å². The van der Waals surface area contributed by atoms with E-state index in [0.29, 0.717) is 29.9 Å². The SMILES string of the molecule is CCCC(NC(=O)c1c(C)nc2c(C)cccn12)C(=O)O. The van der Waals surface area contributed by atoms with Gasteiger partial charge in [-0.2, -0.15) is 0 Å². The Morgan fingerprint density at radius 3 is 2.76 bits per heavy atom. The molecule has 21 heavy (non-hydrogen) atoms. The molecule has 0 aliphatic carbocycles. The van der Waals surface area contributed by atoms with Crippen molar-refractivity contribution >= 4 is 17.5 Å². The summed E-state index contributed by atoms with van der Waals surface area (Å²) in [7, 11) is 0. The third-order valence-corrected chi connectivity index (χ3v) is 3.42. The summed E-state index contributed by atoms with van der Waals surface area (Å²) < 4.78 is 1.70. The second-order valence-corrected chi connectivity index (χ2v) is 5.08. The Balaban J connectivity index is 2.37. The van der Waals surface area contributed by atoms with Crippen LogP contribution in [-0.4, -0.2) is 32.4 Å². The molecule has 1 atom stereocenters. The second kappa shape index (κ2) is 5.95. The molecule has 1 amide bonds. The van der Waals surface area contributed by atoms with Crippen LogP contribution in [0.1, 0.15) is 41.5 Å². The summed E-state index contributed by atoms with van der Waals surface area (Å²) in [6, 6.07) is 2.87. The molecule has 6 heteroatoms. The maximum atomic E-state index is 12.4. The highest BCUT2D eigenvalue weighted by Gasteiger charge is 2.23. The van der Waals surface area contributed by atoms with E-state index in [4.69, 9.17) is 5.11 Å². The van der Waals surface area contributed by atoms with Crippen LogP contribution >= 0.6 is 0 Å². The normalized spacial score (nSPS) is 12.3. The second-order valence-electron chi connectivity index (χ2n) is 5.08. The molecule has 0 aliphatic heterocycles. The molecule has 0 bridgehead atoms. The van der Waals surface area contributed by atoms with E-state index in [-0.39, 0.29) is 0 Å². The first-order valence-corrected chi connectivity index (χ1v) is 6.93. The van der Waals surface area contributed by atoms with Gasteiger partial charge in [0.2, 0.25) is 0 Å². The van der Waals surface area contributed by atoms with Crippen molar-refractivity contribution in [3.63, 3.8) is 0 Å². The summed E-state index contributed by atoms with van der Waals surface area (Å²) in [5.41, 5.74) is 2.64. The number of nitrogens with one attached hydrogen (secondary N) is 1. The molecule has 1 unspecified atom stereocenters. The molecule has 0 aromatic carbocycles. The van der Waals surface area contributed by atoms with Crippen molar-refractivity contribution in [3.05, 3.63) is 35.3 Å². The molecular formula is C15H19N3O3. The number of aryl methyl sites for hydroxylation is 2. The standard InChI is InChI=1S/C15H19N3O3/c1-4-6-11(15(20)21)17-14(19)12-10(3)16-13-9(2)7-5-8-18(12)13/h5,7-8,11H,4,6H2,1-3H3,(H,17,19)(H,20,21). The molecule has 6 nitrogen and oxygen atoms in total. The molecular weight excluding hydrogens is 270 g/mol. The van der Waals surface area contributed by atoms with Gasteiger partial charge < -0.3 is 10.4 Å². The van der Waals surface area contributed by atoms with Gasteiger partial charge in [0.25, 0.3) is 5.91 Å². The summed E-state index contributed by atoms with van der Waals surface area (Å²) in [6.07, 6.45) is 2.84. The number of rotatable bonds is 5. The van der Waals surface area contributed by atoms with Gasteiger partial charge in [-0.1, -0.05) is 19.4 Å². The summed E-state index contributed by atoms with van der Waals surface area (Å²) in [6.45, 7) is 5.54. The topological polar surface area (TPSA) is 83.7 Å².